The van der Waals surface area contributed by atoms with Crippen LogP contribution in [0.5, 0.6) is 0 Å². The molecule has 0 radical (unpaired) electrons. The Morgan fingerprint density at radius 2 is 1.89 bits per heavy atom. The smallest absolute Gasteiger partial charge is 0.0466 e. The predicted octanol–water partition coefficient (Wildman–Crippen LogP) is 4.83. The molecule has 0 atom stereocenters. The quantitative estimate of drug-likeness (QED) is 0.642. The highest BCUT2D eigenvalue weighted by atomic mass is 35.5. The van der Waals surface area contributed by atoms with Gasteiger partial charge in [0.2, 0.25) is 0 Å². The molecule has 0 aliphatic heterocycles. The first-order valence-corrected chi connectivity index (χ1v) is 7.16. The third kappa shape index (κ3) is 3.21. The molecule has 18 heavy (non-hydrogen) atoms. The molecule has 0 bridgehead atoms. The molecule has 1 nitrogen and oxygen atoms in total. The lowest BCUT2D eigenvalue weighted by atomic mass is 10.2. The molecule has 0 heterocycles. The van der Waals surface area contributed by atoms with Crippen LogP contribution in [0.3, 0.4) is 0 Å². The van der Waals surface area contributed by atoms with Gasteiger partial charge in [-0.25, -0.2) is 0 Å². The Morgan fingerprint density at radius 1 is 1.11 bits per heavy atom. The summed E-state index contributed by atoms with van der Waals surface area (Å²) >= 11 is 7.98. The van der Waals surface area contributed by atoms with Gasteiger partial charge in [0.05, 0.1) is 0 Å². The van der Waals surface area contributed by atoms with E-state index in [4.69, 9.17) is 17.3 Å². The van der Waals surface area contributed by atoms with E-state index in [1.54, 1.807) is 6.07 Å². The molecule has 0 aromatic heterocycles. The second-order valence-electron chi connectivity index (χ2n) is 4.41. The maximum atomic E-state index is 6.17. The minimum atomic E-state index is 0.709. The number of aryl methyl sites for hydroxylation is 2. The molecule has 0 saturated heterocycles. The second kappa shape index (κ2) is 5.68. The summed E-state index contributed by atoms with van der Waals surface area (Å²) in [5.74, 6) is 0.864. The molecule has 0 aliphatic carbocycles. The van der Waals surface area contributed by atoms with E-state index < -0.39 is 0 Å². The highest BCUT2D eigenvalue weighted by Gasteiger charge is 2.04. The predicted molar refractivity (Wildman–Crippen MR) is 81.3 cm³/mol. The van der Waals surface area contributed by atoms with E-state index in [1.165, 1.54) is 16.0 Å². The van der Waals surface area contributed by atoms with Crippen molar-refractivity contribution in [2.45, 2.75) is 24.5 Å². The lowest BCUT2D eigenvalue weighted by Gasteiger charge is -2.08. The summed E-state index contributed by atoms with van der Waals surface area (Å²) in [6.45, 7) is 4.24. The molecule has 2 aromatic rings. The fraction of sp³-hybridized carbons (Fsp3) is 0.200. The van der Waals surface area contributed by atoms with Gasteiger partial charge in [-0.1, -0.05) is 35.4 Å². The zero-order valence-electron chi connectivity index (χ0n) is 10.5. The Morgan fingerprint density at radius 3 is 2.61 bits per heavy atom. The van der Waals surface area contributed by atoms with Crippen molar-refractivity contribution in [1.82, 2.24) is 0 Å². The van der Waals surface area contributed by atoms with Gasteiger partial charge in [-0.2, -0.15) is 0 Å². The molecule has 0 amide bonds. The van der Waals surface area contributed by atoms with Crippen molar-refractivity contribution < 1.29 is 0 Å². The first-order chi connectivity index (χ1) is 8.56. The van der Waals surface area contributed by atoms with Gasteiger partial charge in [-0.15, -0.1) is 11.8 Å². The van der Waals surface area contributed by atoms with Gasteiger partial charge in [0.25, 0.3) is 0 Å². The number of hydrogen-bond acceptors (Lipinski definition) is 2. The number of halogens is 1. The number of rotatable bonds is 3. The van der Waals surface area contributed by atoms with Crippen LogP contribution < -0.4 is 5.73 Å². The van der Waals surface area contributed by atoms with E-state index in [1.807, 2.05) is 23.9 Å². The molecule has 0 fully saturated rings. The minimum absolute atomic E-state index is 0.709. The van der Waals surface area contributed by atoms with Crippen LogP contribution in [0, 0.1) is 13.8 Å². The summed E-state index contributed by atoms with van der Waals surface area (Å²) in [4.78, 5) is 1.31. The van der Waals surface area contributed by atoms with Crippen molar-refractivity contribution >= 4 is 29.1 Å². The molecular weight excluding hydrogens is 262 g/mol. The zero-order valence-corrected chi connectivity index (χ0v) is 12.1. The first-order valence-electron chi connectivity index (χ1n) is 5.80. The minimum Gasteiger partial charge on any atom is -0.399 e. The summed E-state index contributed by atoms with van der Waals surface area (Å²) in [7, 11) is 0. The summed E-state index contributed by atoms with van der Waals surface area (Å²) in [6, 6.07) is 12.2. The summed E-state index contributed by atoms with van der Waals surface area (Å²) in [5, 5.41) is 0.743. The van der Waals surface area contributed by atoms with Gasteiger partial charge in [0.1, 0.15) is 0 Å². The monoisotopic (exact) mass is 277 g/mol. The van der Waals surface area contributed by atoms with Crippen molar-refractivity contribution in [3.63, 3.8) is 0 Å². The Kier molecular flexibility index (Phi) is 4.20. The average Bonchev–Trinajstić information content (AvgIpc) is 2.32. The number of nitrogen functional groups attached to an aromatic ring is 1. The normalized spacial score (nSPS) is 10.6. The molecule has 0 spiro atoms. The largest absolute Gasteiger partial charge is 0.399 e. The zero-order chi connectivity index (χ0) is 13.1. The van der Waals surface area contributed by atoms with Crippen LogP contribution in [0.2, 0.25) is 5.02 Å². The number of benzene rings is 2. The van der Waals surface area contributed by atoms with Crippen molar-refractivity contribution in [1.29, 1.82) is 0 Å². The third-order valence-corrected chi connectivity index (χ3v) is 4.36. The van der Waals surface area contributed by atoms with Gasteiger partial charge in [0, 0.05) is 21.4 Å². The molecule has 0 aliphatic rings. The van der Waals surface area contributed by atoms with Crippen molar-refractivity contribution in [2.75, 3.05) is 5.73 Å². The maximum absolute atomic E-state index is 6.17. The Hall–Kier alpha value is -1.12. The third-order valence-electron chi connectivity index (χ3n) is 2.80. The van der Waals surface area contributed by atoms with E-state index in [2.05, 4.69) is 32.0 Å². The lowest BCUT2D eigenvalue weighted by molar-refractivity contribution is 1.25. The van der Waals surface area contributed by atoms with E-state index >= 15 is 0 Å². The van der Waals surface area contributed by atoms with Gasteiger partial charge in [-0.05, 0) is 43.2 Å². The Labute approximate surface area is 117 Å². The Bertz CT molecular complexity index is 566. The van der Waals surface area contributed by atoms with Crippen LogP contribution in [0.25, 0.3) is 0 Å². The lowest BCUT2D eigenvalue weighted by Crippen LogP contribution is -1.89. The van der Waals surface area contributed by atoms with E-state index in [-0.39, 0.29) is 0 Å². The molecule has 0 saturated carbocycles. The van der Waals surface area contributed by atoms with Crippen molar-refractivity contribution in [3.05, 3.63) is 58.1 Å². The standard InChI is InChI=1S/C15H16ClNS/c1-10-3-4-11(2)15(7-10)18-9-12-5-6-13(17)8-14(12)16/h3-8H,9,17H2,1-2H3. The topological polar surface area (TPSA) is 26.0 Å². The van der Waals surface area contributed by atoms with Crippen molar-refractivity contribution in [3.8, 4) is 0 Å². The summed E-state index contributed by atoms with van der Waals surface area (Å²) in [5.41, 5.74) is 10.1. The number of hydrogen-bond donors (Lipinski definition) is 1. The molecule has 3 heteroatoms. The first kappa shape index (κ1) is 13.3. The van der Waals surface area contributed by atoms with Gasteiger partial charge in [0.15, 0.2) is 0 Å². The van der Waals surface area contributed by atoms with Gasteiger partial charge < -0.3 is 5.73 Å². The van der Waals surface area contributed by atoms with Crippen LogP contribution in [-0.2, 0) is 5.75 Å². The highest BCUT2D eigenvalue weighted by Crippen LogP contribution is 2.30. The maximum Gasteiger partial charge on any atom is 0.0466 e. The van der Waals surface area contributed by atoms with E-state index in [0.717, 1.165) is 16.3 Å². The molecule has 94 valence electrons. The SMILES string of the molecule is Cc1ccc(C)c(SCc2ccc(N)cc2Cl)c1. The van der Waals surface area contributed by atoms with Crippen LogP contribution in [0.1, 0.15) is 16.7 Å². The molecule has 2 N–H and O–H groups in total. The molecule has 2 rings (SSSR count). The molecule has 0 unspecified atom stereocenters. The van der Waals surface area contributed by atoms with Gasteiger partial charge in [-0.3, -0.25) is 0 Å². The highest BCUT2D eigenvalue weighted by molar-refractivity contribution is 7.98. The summed E-state index contributed by atoms with van der Waals surface area (Å²) < 4.78 is 0. The average molecular weight is 278 g/mol. The van der Waals surface area contributed by atoms with E-state index in [0.29, 0.717) is 5.69 Å². The number of anilines is 1. The fourth-order valence-electron chi connectivity index (χ4n) is 1.70. The number of thioether (sulfide) groups is 1. The van der Waals surface area contributed by atoms with Gasteiger partial charge >= 0.3 is 0 Å². The molecular formula is C15H16ClNS. The molecule has 2 aromatic carbocycles. The summed E-state index contributed by atoms with van der Waals surface area (Å²) in [6.07, 6.45) is 0. The fourth-order valence-corrected chi connectivity index (χ4v) is 3.16. The van der Waals surface area contributed by atoms with Crippen LogP contribution in [0.15, 0.2) is 41.3 Å². The van der Waals surface area contributed by atoms with Crippen LogP contribution in [-0.4, -0.2) is 0 Å². The van der Waals surface area contributed by atoms with Crippen LogP contribution in [0.4, 0.5) is 5.69 Å². The number of nitrogens with two attached hydrogens (primary N) is 1. The van der Waals surface area contributed by atoms with Crippen molar-refractivity contribution in [2.24, 2.45) is 0 Å². The van der Waals surface area contributed by atoms with E-state index in [9.17, 15) is 0 Å². The second-order valence-corrected chi connectivity index (χ2v) is 5.83. The Balaban J connectivity index is 2.13. The van der Waals surface area contributed by atoms with Crippen LogP contribution >= 0.6 is 23.4 Å².